The Morgan fingerprint density at radius 1 is 1.41 bits per heavy atom. The summed E-state index contributed by atoms with van der Waals surface area (Å²) in [5.74, 6) is -0.285. The van der Waals surface area contributed by atoms with Crippen molar-refractivity contribution < 1.29 is 19.4 Å². The normalized spacial score (nSPS) is 20.3. The highest BCUT2D eigenvalue weighted by atomic mass is 16.5. The molecule has 0 aromatic heterocycles. The van der Waals surface area contributed by atoms with E-state index in [9.17, 15) is 9.59 Å². The van der Waals surface area contributed by atoms with Crippen molar-refractivity contribution in [2.24, 2.45) is 0 Å². The molecule has 1 aliphatic rings. The van der Waals surface area contributed by atoms with E-state index in [0.717, 1.165) is 12.8 Å². The second-order valence-electron chi connectivity index (χ2n) is 5.48. The average molecular weight is 306 g/mol. The fraction of sp³-hybridized carbons (Fsp3) is 0.500. The monoisotopic (exact) mass is 306 g/mol. The SMILES string of the molecule is CCN(CC(=O)O)C1CC(NC(=O)c2cccc(OC)c2)C1. The molecule has 1 saturated carbocycles. The minimum atomic E-state index is -0.814. The summed E-state index contributed by atoms with van der Waals surface area (Å²) in [5, 5.41) is 11.8. The van der Waals surface area contributed by atoms with Crippen LogP contribution in [0.15, 0.2) is 24.3 Å². The number of carbonyl (C=O) groups is 2. The standard InChI is InChI=1S/C16H22N2O4/c1-3-18(10-15(19)20)13-8-12(9-13)17-16(21)11-5-4-6-14(7-11)22-2/h4-7,12-13H,3,8-10H2,1-2H3,(H,17,21)(H,19,20). The van der Waals surface area contributed by atoms with Crippen LogP contribution in [0, 0.1) is 0 Å². The lowest BCUT2D eigenvalue weighted by molar-refractivity contribution is -0.139. The number of likely N-dealkylation sites (N-methyl/N-ethyl adjacent to an activating group) is 1. The van der Waals surface area contributed by atoms with Gasteiger partial charge >= 0.3 is 5.97 Å². The molecule has 0 heterocycles. The van der Waals surface area contributed by atoms with E-state index in [2.05, 4.69) is 5.32 Å². The summed E-state index contributed by atoms with van der Waals surface area (Å²) >= 11 is 0. The topological polar surface area (TPSA) is 78.9 Å². The molecule has 2 rings (SSSR count). The number of hydrogen-bond acceptors (Lipinski definition) is 4. The van der Waals surface area contributed by atoms with E-state index in [1.165, 1.54) is 0 Å². The maximum absolute atomic E-state index is 12.2. The van der Waals surface area contributed by atoms with Gasteiger partial charge in [0, 0.05) is 17.6 Å². The van der Waals surface area contributed by atoms with Crippen LogP contribution in [0.5, 0.6) is 5.75 Å². The van der Waals surface area contributed by atoms with Gasteiger partial charge in [-0.05, 0) is 37.6 Å². The summed E-state index contributed by atoms with van der Waals surface area (Å²) in [6.07, 6.45) is 1.58. The highest BCUT2D eigenvalue weighted by Crippen LogP contribution is 2.26. The molecule has 2 N–H and O–H groups in total. The Balaban J connectivity index is 1.84. The second kappa shape index (κ2) is 7.26. The van der Waals surface area contributed by atoms with Crippen LogP contribution in [-0.2, 0) is 4.79 Å². The first-order valence-electron chi connectivity index (χ1n) is 7.44. The number of methoxy groups -OCH3 is 1. The molecule has 1 fully saturated rings. The molecule has 0 bridgehead atoms. The minimum Gasteiger partial charge on any atom is -0.497 e. The van der Waals surface area contributed by atoms with Crippen LogP contribution >= 0.6 is 0 Å². The van der Waals surface area contributed by atoms with E-state index < -0.39 is 5.97 Å². The molecule has 0 saturated heterocycles. The van der Waals surface area contributed by atoms with E-state index >= 15 is 0 Å². The second-order valence-corrected chi connectivity index (χ2v) is 5.48. The zero-order chi connectivity index (χ0) is 16.1. The van der Waals surface area contributed by atoms with Crippen molar-refractivity contribution in [3.05, 3.63) is 29.8 Å². The molecule has 22 heavy (non-hydrogen) atoms. The number of benzene rings is 1. The molecule has 0 aliphatic heterocycles. The van der Waals surface area contributed by atoms with Gasteiger partial charge in [-0.2, -0.15) is 0 Å². The lowest BCUT2D eigenvalue weighted by Gasteiger charge is -2.42. The van der Waals surface area contributed by atoms with Crippen molar-refractivity contribution in [2.75, 3.05) is 20.2 Å². The predicted molar refractivity (Wildman–Crippen MR) is 82.2 cm³/mol. The fourth-order valence-electron chi connectivity index (χ4n) is 2.71. The lowest BCUT2D eigenvalue weighted by atomic mass is 9.85. The number of aliphatic carboxylic acids is 1. The van der Waals surface area contributed by atoms with Gasteiger partial charge < -0.3 is 15.2 Å². The van der Waals surface area contributed by atoms with Crippen molar-refractivity contribution >= 4 is 11.9 Å². The summed E-state index contributed by atoms with van der Waals surface area (Å²) in [4.78, 5) is 24.9. The van der Waals surface area contributed by atoms with Gasteiger partial charge in [0.15, 0.2) is 0 Å². The van der Waals surface area contributed by atoms with E-state index in [1.54, 1.807) is 31.4 Å². The van der Waals surface area contributed by atoms with Crippen molar-refractivity contribution in [1.29, 1.82) is 0 Å². The summed E-state index contributed by atoms with van der Waals surface area (Å²) in [7, 11) is 1.56. The van der Waals surface area contributed by atoms with E-state index in [1.807, 2.05) is 11.8 Å². The molecule has 0 unspecified atom stereocenters. The van der Waals surface area contributed by atoms with Crippen LogP contribution in [0.2, 0.25) is 0 Å². The third-order valence-corrected chi connectivity index (χ3v) is 4.04. The van der Waals surface area contributed by atoms with Crippen LogP contribution in [0.25, 0.3) is 0 Å². The molecule has 0 spiro atoms. The summed E-state index contributed by atoms with van der Waals surface area (Å²) in [6, 6.07) is 7.36. The van der Waals surface area contributed by atoms with Gasteiger partial charge in [0.1, 0.15) is 5.75 Å². The molecular formula is C16H22N2O4. The van der Waals surface area contributed by atoms with Crippen LogP contribution < -0.4 is 10.1 Å². The molecule has 1 amide bonds. The number of carboxylic acids is 1. The van der Waals surface area contributed by atoms with Crippen LogP contribution in [0.3, 0.4) is 0 Å². The lowest BCUT2D eigenvalue weighted by Crippen LogP contribution is -2.54. The van der Waals surface area contributed by atoms with Gasteiger partial charge in [0.25, 0.3) is 5.91 Å². The zero-order valence-electron chi connectivity index (χ0n) is 12.9. The Morgan fingerprint density at radius 3 is 2.73 bits per heavy atom. The number of carbonyl (C=O) groups excluding carboxylic acids is 1. The van der Waals surface area contributed by atoms with Gasteiger partial charge in [-0.3, -0.25) is 14.5 Å². The number of nitrogens with zero attached hydrogens (tertiary/aromatic N) is 1. The quantitative estimate of drug-likeness (QED) is 0.795. The van der Waals surface area contributed by atoms with Crippen molar-refractivity contribution in [2.45, 2.75) is 31.8 Å². The molecule has 6 nitrogen and oxygen atoms in total. The van der Waals surface area contributed by atoms with Crippen LogP contribution in [0.4, 0.5) is 0 Å². The van der Waals surface area contributed by atoms with Gasteiger partial charge in [0.05, 0.1) is 13.7 Å². The Kier molecular flexibility index (Phi) is 5.38. The zero-order valence-corrected chi connectivity index (χ0v) is 12.9. The highest BCUT2D eigenvalue weighted by Gasteiger charge is 2.34. The molecule has 120 valence electrons. The third-order valence-electron chi connectivity index (χ3n) is 4.04. The minimum absolute atomic E-state index is 0.0533. The number of ether oxygens (including phenoxy) is 1. The van der Waals surface area contributed by atoms with E-state index in [-0.39, 0.29) is 24.5 Å². The number of nitrogens with one attached hydrogen (secondary N) is 1. The van der Waals surface area contributed by atoms with Gasteiger partial charge in [-0.15, -0.1) is 0 Å². The van der Waals surface area contributed by atoms with Gasteiger partial charge in [0.2, 0.25) is 0 Å². The average Bonchev–Trinajstić information content (AvgIpc) is 2.48. The first kappa shape index (κ1) is 16.3. The highest BCUT2D eigenvalue weighted by molar-refractivity contribution is 5.94. The molecule has 0 radical (unpaired) electrons. The Bertz CT molecular complexity index is 541. The number of hydrogen-bond donors (Lipinski definition) is 2. The molecule has 1 aromatic rings. The maximum Gasteiger partial charge on any atom is 0.317 e. The summed E-state index contributed by atoms with van der Waals surface area (Å²) < 4.78 is 5.11. The first-order chi connectivity index (χ1) is 10.5. The Hall–Kier alpha value is -2.08. The summed E-state index contributed by atoms with van der Waals surface area (Å²) in [5.41, 5.74) is 0.570. The van der Waals surface area contributed by atoms with E-state index in [0.29, 0.717) is 17.9 Å². The van der Waals surface area contributed by atoms with Crippen molar-refractivity contribution in [1.82, 2.24) is 10.2 Å². The van der Waals surface area contributed by atoms with Crippen molar-refractivity contribution in [3.8, 4) is 5.75 Å². The Labute approximate surface area is 130 Å². The maximum atomic E-state index is 12.2. The first-order valence-corrected chi connectivity index (χ1v) is 7.44. The number of rotatable bonds is 7. The van der Waals surface area contributed by atoms with Gasteiger partial charge in [-0.1, -0.05) is 13.0 Å². The smallest absolute Gasteiger partial charge is 0.317 e. The fourth-order valence-corrected chi connectivity index (χ4v) is 2.71. The number of amides is 1. The van der Waals surface area contributed by atoms with Crippen molar-refractivity contribution in [3.63, 3.8) is 0 Å². The van der Waals surface area contributed by atoms with Crippen LogP contribution in [-0.4, -0.2) is 54.2 Å². The predicted octanol–water partition coefficient (Wildman–Crippen LogP) is 1.36. The molecule has 1 aliphatic carbocycles. The van der Waals surface area contributed by atoms with E-state index in [4.69, 9.17) is 9.84 Å². The summed E-state index contributed by atoms with van der Waals surface area (Å²) in [6.45, 7) is 2.70. The largest absolute Gasteiger partial charge is 0.497 e. The van der Waals surface area contributed by atoms with Crippen LogP contribution in [0.1, 0.15) is 30.1 Å². The Morgan fingerprint density at radius 2 is 2.14 bits per heavy atom. The molecule has 1 aromatic carbocycles. The molecular weight excluding hydrogens is 284 g/mol. The molecule has 0 atom stereocenters. The third kappa shape index (κ3) is 3.98. The number of carboxylic acid groups (broad SMARTS) is 1. The molecule has 6 heteroatoms. The van der Waals surface area contributed by atoms with Gasteiger partial charge in [-0.25, -0.2) is 0 Å².